The normalized spacial score (nSPS) is 27.9. The molecule has 2 nitrogen and oxygen atoms in total. The smallest absolute Gasteiger partial charge is 0.108 e. The van der Waals surface area contributed by atoms with E-state index in [9.17, 15) is 5.11 Å². The molecule has 1 aliphatic rings. The summed E-state index contributed by atoms with van der Waals surface area (Å²) in [4.78, 5) is 0. The van der Waals surface area contributed by atoms with Crippen LogP contribution in [0.2, 0.25) is 0 Å². The van der Waals surface area contributed by atoms with Crippen LogP contribution in [0.5, 0.6) is 0 Å². The van der Waals surface area contributed by atoms with Crippen molar-refractivity contribution in [2.45, 2.75) is 38.4 Å². The third-order valence-corrected chi connectivity index (χ3v) is 3.19. The second-order valence-corrected chi connectivity index (χ2v) is 4.58. The maximum Gasteiger partial charge on any atom is 0.108 e. The highest BCUT2D eigenvalue weighted by Crippen LogP contribution is 2.37. The van der Waals surface area contributed by atoms with Gasteiger partial charge in [-0.05, 0) is 32.3 Å². The lowest BCUT2D eigenvalue weighted by molar-refractivity contribution is -0.0796. The Hall–Kier alpha value is -0.860. The molecule has 1 aromatic rings. The predicted molar refractivity (Wildman–Crippen MR) is 59.7 cm³/mol. The molecular weight excluding hydrogens is 188 g/mol. The molecule has 1 heterocycles. The van der Waals surface area contributed by atoms with Crippen molar-refractivity contribution >= 4 is 0 Å². The van der Waals surface area contributed by atoms with Crippen molar-refractivity contribution in [1.82, 2.24) is 0 Å². The van der Waals surface area contributed by atoms with Crippen LogP contribution in [0.1, 0.15) is 37.0 Å². The lowest BCUT2D eigenvalue weighted by Crippen LogP contribution is -2.31. The van der Waals surface area contributed by atoms with Crippen molar-refractivity contribution in [3.05, 3.63) is 35.4 Å². The van der Waals surface area contributed by atoms with E-state index in [1.165, 1.54) is 5.56 Å². The quantitative estimate of drug-likeness (QED) is 0.806. The average Bonchev–Trinajstić information content (AvgIpc) is 2.65. The highest BCUT2D eigenvalue weighted by molar-refractivity contribution is 5.26. The number of hydrogen-bond donors (Lipinski definition) is 1. The van der Waals surface area contributed by atoms with Crippen LogP contribution < -0.4 is 0 Å². The van der Waals surface area contributed by atoms with Gasteiger partial charge < -0.3 is 9.84 Å². The number of benzene rings is 1. The lowest BCUT2D eigenvalue weighted by atomic mass is 9.90. The fourth-order valence-electron chi connectivity index (χ4n) is 2.21. The van der Waals surface area contributed by atoms with Gasteiger partial charge in [0.15, 0.2) is 0 Å². The minimum Gasteiger partial charge on any atom is -0.385 e. The number of aliphatic hydroxyl groups excluding tert-OH is 1. The molecule has 0 bridgehead atoms. The lowest BCUT2D eigenvalue weighted by Gasteiger charge is -2.29. The first-order chi connectivity index (χ1) is 7.12. The summed E-state index contributed by atoms with van der Waals surface area (Å²) in [6.45, 7) is 4.79. The van der Waals surface area contributed by atoms with E-state index in [0.717, 1.165) is 25.0 Å². The summed E-state index contributed by atoms with van der Waals surface area (Å²) < 4.78 is 5.65. The van der Waals surface area contributed by atoms with Crippen molar-refractivity contribution in [2.75, 3.05) is 6.61 Å². The molecule has 82 valence electrons. The van der Waals surface area contributed by atoms with E-state index < -0.39 is 11.7 Å². The topological polar surface area (TPSA) is 29.5 Å². The van der Waals surface area contributed by atoms with Gasteiger partial charge in [0, 0.05) is 6.61 Å². The molecule has 0 saturated carbocycles. The first-order valence-electron chi connectivity index (χ1n) is 5.50. The fourth-order valence-corrected chi connectivity index (χ4v) is 2.21. The van der Waals surface area contributed by atoms with Gasteiger partial charge in [0.2, 0.25) is 0 Å². The van der Waals surface area contributed by atoms with Crippen molar-refractivity contribution < 1.29 is 9.84 Å². The highest BCUT2D eigenvalue weighted by atomic mass is 16.5. The van der Waals surface area contributed by atoms with Crippen molar-refractivity contribution in [3.8, 4) is 0 Å². The van der Waals surface area contributed by atoms with E-state index in [-0.39, 0.29) is 0 Å². The third-order valence-electron chi connectivity index (χ3n) is 3.19. The Morgan fingerprint density at radius 1 is 1.47 bits per heavy atom. The summed E-state index contributed by atoms with van der Waals surface area (Å²) >= 11 is 0. The first kappa shape index (κ1) is 10.7. The molecule has 15 heavy (non-hydrogen) atoms. The van der Waals surface area contributed by atoms with Crippen LogP contribution in [0.3, 0.4) is 0 Å². The van der Waals surface area contributed by atoms with Gasteiger partial charge in [-0.25, -0.2) is 0 Å². The minimum absolute atomic E-state index is 0.395. The summed E-state index contributed by atoms with van der Waals surface area (Å²) in [5.74, 6) is 0. The summed E-state index contributed by atoms with van der Waals surface area (Å²) in [5, 5.41) is 10.3. The van der Waals surface area contributed by atoms with E-state index in [1.807, 2.05) is 38.1 Å². The molecule has 0 aromatic heterocycles. The van der Waals surface area contributed by atoms with Gasteiger partial charge in [-0.1, -0.05) is 29.8 Å². The summed E-state index contributed by atoms with van der Waals surface area (Å²) in [7, 11) is 0. The Bertz CT molecular complexity index is 340. The Morgan fingerprint density at radius 3 is 2.87 bits per heavy atom. The van der Waals surface area contributed by atoms with Gasteiger partial charge in [0.25, 0.3) is 0 Å². The Balaban J connectivity index is 2.23. The summed E-state index contributed by atoms with van der Waals surface area (Å²) in [5.41, 5.74) is 1.74. The SMILES string of the molecule is Cc1cccc(C(O)C2(C)CCCO2)c1. The second kappa shape index (κ2) is 3.95. The third kappa shape index (κ3) is 2.06. The Labute approximate surface area is 90.9 Å². The van der Waals surface area contributed by atoms with Crippen molar-refractivity contribution in [1.29, 1.82) is 0 Å². The molecular formula is C13H18O2. The van der Waals surface area contributed by atoms with Crippen molar-refractivity contribution in [2.24, 2.45) is 0 Å². The maximum atomic E-state index is 10.3. The monoisotopic (exact) mass is 206 g/mol. The van der Waals surface area contributed by atoms with Gasteiger partial charge >= 0.3 is 0 Å². The molecule has 2 rings (SSSR count). The minimum atomic E-state index is -0.514. The zero-order valence-corrected chi connectivity index (χ0v) is 9.36. The molecule has 2 atom stereocenters. The van der Waals surface area contributed by atoms with Crippen LogP contribution in [0.25, 0.3) is 0 Å². The van der Waals surface area contributed by atoms with Crippen LogP contribution >= 0.6 is 0 Å². The van der Waals surface area contributed by atoms with E-state index >= 15 is 0 Å². The van der Waals surface area contributed by atoms with Crippen LogP contribution in [0, 0.1) is 6.92 Å². The number of rotatable bonds is 2. The number of aliphatic hydroxyl groups is 1. The fraction of sp³-hybridized carbons (Fsp3) is 0.538. The van der Waals surface area contributed by atoms with Gasteiger partial charge in [-0.3, -0.25) is 0 Å². The molecule has 1 fully saturated rings. The predicted octanol–water partition coefficient (Wildman–Crippen LogP) is 2.60. The molecule has 2 heteroatoms. The zero-order chi connectivity index (χ0) is 10.9. The highest BCUT2D eigenvalue weighted by Gasteiger charge is 2.38. The standard InChI is InChI=1S/C13H18O2/c1-10-5-3-6-11(9-10)12(14)13(2)7-4-8-15-13/h3,5-6,9,12,14H,4,7-8H2,1-2H3. The van der Waals surface area contributed by atoms with Crippen LogP contribution in [-0.2, 0) is 4.74 Å². The number of ether oxygens (including phenoxy) is 1. The van der Waals surface area contributed by atoms with Gasteiger partial charge in [-0.15, -0.1) is 0 Å². The Morgan fingerprint density at radius 2 is 2.27 bits per heavy atom. The number of hydrogen-bond acceptors (Lipinski definition) is 2. The molecule has 0 radical (unpaired) electrons. The average molecular weight is 206 g/mol. The van der Waals surface area contributed by atoms with Crippen molar-refractivity contribution in [3.63, 3.8) is 0 Å². The van der Waals surface area contributed by atoms with E-state index in [0.29, 0.717) is 0 Å². The molecule has 1 saturated heterocycles. The molecule has 1 aromatic carbocycles. The largest absolute Gasteiger partial charge is 0.385 e. The van der Waals surface area contributed by atoms with Crippen LogP contribution in [0.15, 0.2) is 24.3 Å². The second-order valence-electron chi connectivity index (χ2n) is 4.58. The first-order valence-corrected chi connectivity index (χ1v) is 5.50. The van der Waals surface area contributed by atoms with E-state index in [2.05, 4.69) is 0 Å². The summed E-state index contributed by atoms with van der Waals surface area (Å²) in [6.07, 6.45) is 1.46. The van der Waals surface area contributed by atoms with E-state index in [1.54, 1.807) is 0 Å². The van der Waals surface area contributed by atoms with Gasteiger partial charge in [0.1, 0.15) is 6.10 Å². The molecule has 0 amide bonds. The van der Waals surface area contributed by atoms with Gasteiger partial charge in [0.05, 0.1) is 5.60 Å². The summed E-state index contributed by atoms with van der Waals surface area (Å²) in [6, 6.07) is 8.00. The zero-order valence-electron chi connectivity index (χ0n) is 9.36. The molecule has 0 aliphatic carbocycles. The van der Waals surface area contributed by atoms with E-state index in [4.69, 9.17) is 4.74 Å². The maximum absolute atomic E-state index is 10.3. The van der Waals surface area contributed by atoms with Crippen LogP contribution in [-0.4, -0.2) is 17.3 Å². The molecule has 2 unspecified atom stereocenters. The molecule has 1 aliphatic heterocycles. The van der Waals surface area contributed by atoms with Crippen LogP contribution in [0.4, 0.5) is 0 Å². The number of aryl methyl sites for hydroxylation is 1. The Kier molecular flexibility index (Phi) is 2.81. The molecule has 0 spiro atoms. The van der Waals surface area contributed by atoms with Gasteiger partial charge in [-0.2, -0.15) is 0 Å². The molecule has 1 N–H and O–H groups in total.